The average Bonchev–Trinajstić information content (AvgIpc) is 2.68. The summed E-state index contributed by atoms with van der Waals surface area (Å²) in [5.74, 6) is 1.46. The van der Waals surface area contributed by atoms with Crippen LogP contribution in [-0.2, 0) is 6.61 Å². The molecular formula is C22H21Cl2NO2. The molecule has 1 unspecified atom stereocenters. The minimum Gasteiger partial charge on any atom is -0.489 e. The molecule has 5 heteroatoms. The fraction of sp³-hybridized carbons (Fsp3) is 0.182. The molecule has 0 aliphatic heterocycles. The van der Waals surface area contributed by atoms with E-state index in [2.05, 4.69) is 5.32 Å². The summed E-state index contributed by atoms with van der Waals surface area (Å²) < 4.78 is 11.7. The molecule has 27 heavy (non-hydrogen) atoms. The number of halogens is 2. The summed E-state index contributed by atoms with van der Waals surface area (Å²) in [5.41, 5.74) is 2.14. The Morgan fingerprint density at radius 1 is 0.926 bits per heavy atom. The average molecular weight is 402 g/mol. The van der Waals surface area contributed by atoms with E-state index < -0.39 is 0 Å². The molecule has 0 bridgehead atoms. The second-order valence-corrected chi connectivity index (χ2v) is 7.03. The lowest BCUT2D eigenvalue weighted by atomic mass is 10.2. The predicted octanol–water partition coefficient (Wildman–Crippen LogP) is 6.45. The van der Waals surface area contributed by atoms with Gasteiger partial charge in [0.05, 0.1) is 11.6 Å². The van der Waals surface area contributed by atoms with E-state index in [1.165, 1.54) is 0 Å². The maximum Gasteiger partial charge on any atom is 0.138 e. The summed E-state index contributed by atoms with van der Waals surface area (Å²) in [7, 11) is 0. The van der Waals surface area contributed by atoms with Gasteiger partial charge in [-0.2, -0.15) is 0 Å². The Hall–Kier alpha value is -2.36. The lowest BCUT2D eigenvalue weighted by molar-refractivity contribution is 0.235. The molecule has 140 valence electrons. The Bertz CT molecular complexity index is 854. The fourth-order valence-electron chi connectivity index (χ4n) is 2.50. The second-order valence-electron chi connectivity index (χ2n) is 6.18. The van der Waals surface area contributed by atoms with Crippen molar-refractivity contribution in [3.05, 3.63) is 88.4 Å². The Balaban J connectivity index is 1.46. The van der Waals surface area contributed by atoms with Crippen molar-refractivity contribution in [2.45, 2.75) is 19.6 Å². The zero-order valence-corrected chi connectivity index (χ0v) is 16.5. The molecule has 1 atom stereocenters. The van der Waals surface area contributed by atoms with Crippen molar-refractivity contribution >= 4 is 28.9 Å². The number of hydrogen-bond donors (Lipinski definition) is 1. The van der Waals surface area contributed by atoms with Crippen LogP contribution in [0.5, 0.6) is 11.5 Å². The van der Waals surface area contributed by atoms with Crippen LogP contribution in [0, 0.1) is 0 Å². The minimum atomic E-state index is -0.0577. The Morgan fingerprint density at radius 3 is 2.37 bits per heavy atom. The molecule has 0 saturated carbocycles. The molecule has 0 heterocycles. The van der Waals surface area contributed by atoms with E-state index in [0.717, 1.165) is 17.0 Å². The van der Waals surface area contributed by atoms with Crippen molar-refractivity contribution in [2.24, 2.45) is 0 Å². The van der Waals surface area contributed by atoms with Crippen molar-refractivity contribution in [1.82, 2.24) is 0 Å². The third-order valence-electron chi connectivity index (χ3n) is 3.92. The molecule has 1 N–H and O–H groups in total. The van der Waals surface area contributed by atoms with Crippen LogP contribution in [0.2, 0.25) is 10.0 Å². The molecule has 0 saturated heterocycles. The first-order valence-electron chi connectivity index (χ1n) is 8.72. The third kappa shape index (κ3) is 6.09. The molecular weight excluding hydrogens is 381 g/mol. The molecule has 3 aromatic rings. The Morgan fingerprint density at radius 2 is 1.67 bits per heavy atom. The summed E-state index contributed by atoms with van der Waals surface area (Å²) in [6, 6.07) is 23.2. The summed E-state index contributed by atoms with van der Waals surface area (Å²) >= 11 is 12.0. The molecule has 0 radical (unpaired) electrons. The molecule has 0 fully saturated rings. The van der Waals surface area contributed by atoms with Gasteiger partial charge in [0, 0.05) is 10.7 Å². The number of ether oxygens (including phenoxy) is 2. The normalized spacial score (nSPS) is 11.7. The van der Waals surface area contributed by atoms with Crippen LogP contribution in [0.3, 0.4) is 0 Å². The number of hydrogen-bond acceptors (Lipinski definition) is 3. The summed E-state index contributed by atoms with van der Waals surface area (Å²) in [6.45, 7) is 3.18. The zero-order valence-electron chi connectivity index (χ0n) is 15.0. The van der Waals surface area contributed by atoms with Crippen molar-refractivity contribution in [2.75, 3.05) is 11.9 Å². The number of benzene rings is 3. The van der Waals surface area contributed by atoms with Gasteiger partial charge in [0.1, 0.15) is 24.2 Å². The molecule has 0 aliphatic rings. The van der Waals surface area contributed by atoms with Gasteiger partial charge < -0.3 is 14.8 Å². The minimum absolute atomic E-state index is 0.0577. The van der Waals surface area contributed by atoms with Crippen LogP contribution >= 0.6 is 23.2 Å². The van der Waals surface area contributed by atoms with E-state index in [-0.39, 0.29) is 6.10 Å². The molecule has 0 aromatic heterocycles. The highest BCUT2D eigenvalue weighted by molar-refractivity contribution is 6.35. The van der Waals surface area contributed by atoms with E-state index in [1.807, 2.05) is 61.5 Å². The largest absolute Gasteiger partial charge is 0.489 e. The maximum atomic E-state index is 6.14. The van der Waals surface area contributed by atoms with Gasteiger partial charge in [0.25, 0.3) is 0 Å². The molecule has 3 rings (SSSR count). The third-order valence-corrected chi connectivity index (χ3v) is 4.45. The van der Waals surface area contributed by atoms with Gasteiger partial charge in [-0.25, -0.2) is 0 Å². The first-order chi connectivity index (χ1) is 13.1. The van der Waals surface area contributed by atoms with Crippen LogP contribution in [0.25, 0.3) is 0 Å². The fourth-order valence-corrected chi connectivity index (χ4v) is 2.95. The smallest absolute Gasteiger partial charge is 0.138 e. The van der Waals surface area contributed by atoms with Crippen molar-refractivity contribution in [3.8, 4) is 11.5 Å². The number of rotatable bonds is 8. The first-order valence-corrected chi connectivity index (χ1v) is 9.48. The van der Waals surface area contributed by atoms with E-state index in [9.17, 15) is 0 Å². The number of anilines is 1. The highest BCUT2D eigenvalue weighted by atomic mass is 35.5. The lowest BCUT2D eigenvalue weighted by Crippen LogP contribution is -2.22. The van der Waals surface area contributed by atoms with Gasteiger partial charge in [-0.05, 0) is 55.0 Å². The van der Waals surface area contributed by atoms with Gasteiger partial charge in [-0.15, -0.1) is 0 Å². The van der Waals surface area contributed by atoms with E-state index in [0.29, 0.717) is 28.9 Å². The van der Waals surface area contributed by atoms with Gasteiger partial charge in [0.2, 0.25) is 0 Å². The Labute approximate surface area is 169 Å². The highest BCUT2D eigenvalue weighted by Crippen LogP contribution is 2.28. The standard InChI is InChI=1S/C22H21Cl2NO2/c1-16(27-22-12-7-18(23)13-21(22)24)14-25-19-8-10-20(11-9-19)26-15-17-5-3-2-4-6-17/h2-13,16,25H,14-15H2,1H3. The van der Waals surface area contributed by atoms with Crippen molar-refractivity contribution in [1.29, 1.82) is 0 Å². The predicted molar refractivity (Wildman–Crippen MR) is 112 cm³/mol. The monoisotopic (exact) mass is 401 g/mol. The van der Waals surface area contributed by atoms with Gasteiger partial charge >= 0.3 is 0 Å². The van der Waals surface area contributed by atoms with Crippen LogP contribution in [-0.4, -0.2) is 12.6 Å². The molecule has 0 spiro atoms. The zero-order chi connectivity index (χ0) is 19.1. The summed E-state index contributed by atoms with van der Waals surface area (Å²) in [5, 5.41) is 4.45. The second kappa shape index (κ2) is 9.54. The quantitative estimate of drug-likeness (QED) is 0.470. The SMILES string of the molecule is CC(CNc1ccc(OCc2ccccc2)cc1)Oc1ccc(Cl)cc1Cl. The molecule has 0 aliphatic carbocycles. The number of nitrogens with one attached hydrogen (secondary N) is 1. The van der Waals surface area contributed by atoms with E-state index in [4.69, 9.17) is 32.7 Å². The maximum absolute atomic E-state index is 6.14. The summed E-state index contributed by atoms with van der Waals surface area (Å²) in [6.07, 6.45) is -0.0577. The van der Waals surface area contributed by atoms with E-state index in [1.54, 1.807) is 18.2 Å². The van der Waals surface area contributed by atoms with Gasteiger partial charge in [-0.1, -0.05) is 53.5 Å². The first kappa shape index (κ1) is 19.4. The molecule has 3 nitrogen and oxygen atoms in total. The highest BCUT2D eigenvalue weighted by Gasteiger charge is 2.08. The molecule has 3 aromatic carbocycles. The van der Waals surface area contributed by atoms with Crippen LogP contribution in [0.4, 0.5) is 5.69 Å². The molecule has 0 amide bonds. The van der Waals surface area contributed by atoms with Crippen LogP contribution < -0.4 is 14.8 Å². The van der Waals surface area contributed by atoms with Gasteiger partial charge in [-0.3, -0.25) is 0 Å². The van der Waals surface area contributed by atoms with Crippen molar-refractivity contribution in [3.63, 3.8) is 0 Å². The van der Waals surface area contributed by atoms with Crippen LogP contribution in [0.15, 0.2) is 72.8 Å². The topological polar surface area (TPSA) is 30.5 Å². The van der Waals surface area contributed by atoms with Crippen LogP contribution in [0.1, 0.15) is 12.5 Å². The van der Waals surface area contributed by atoms with E-state index >= 15 is 0 Å². The van der Waals surface area contributed by atoms with Gasteiger partial charge in [0.15, 0.2) is 0 Å². The lowest BCUT2D eigenvalue weighted by Gasteiger charge is -2.17. The summed E-state index contributed by atoms with van der Waals surface area (Å²) in [4.78, 5) is 0. The van der Waals surface area contributed by atoms with Crippen molar-refractivity contribution < 1.29 is 9.47 Å². The Kier molecular flexibility index (Phi) is 6.86.